The maximum atomic E-state index is 13.3. The molecule has 0 aromatic heterocycles. The van der Waals surface area contributed by atoms with Gasteiger partial charge >= 0.3 is 0 Å². The molecule has 2 unspecified atom stereocenters. The van der Waals surface area contributed by atoms with Gasteiger partial charge in [0.05, 0.1) is 13.2 Å². The van der Waals surface area contributed by atoms with Crippen molar-refractivity contribution in [3.8, 4) is 5.75 Å². The monoisotopic (exact) mass is 200 g/mol. The Bertz CT molecular complexity index is 312. The van der Waals surface area contributed by atoms with Crippen molar-refractivity contribution in [2.24, 2.45) is 0 Å². The lowest BCUT2D eigenvalue weighted by Gasteiger charge is -2.15. The van der Waals surface area contributed by atoms with Gasteiger partial charge in [-0.05, 0) is 19.1 Å². The lowest BCUT2D eigenvalue weighted by atomic mass is 10.0. The van der Waals surface area contributed by atoms with E-state index in [4.69, 9.17) is 9.84 Å². The number of rotatable bonds is 3. The average Bonchev–Trinajstić information content (AvgIpc) is 2.16. The van der Waals surface area contributed by atoms with E-state index in [0.717, 1.165) is 0 Å². The summed E-state index contributed by atoms with van der Waals surface area (Å²) in [6, 6.07) is 4.09. The van der Waals surface area contributed by atoms with Crippen molar-refractivity contribution in [1.82, 2.24) is 0 Å². The molecule has 0 spiro atoms. The number of aliphatic hydroxyl groups is 2. The van der Waals surface area contributed by atoms with Crippen LogP contribution in [-0.4, -0.2) is 23.4 Å². The summed E-state index contributed by atoms with van der Waals surface area (Å²) in [5.74, 6) is -0.207. The minimum absolute atomic E-state index is 0.0702. The first-order valence-corrected chi connectivity index (χ1v) is 4.26. The predicted molar refractivity (Wildman–Crippen MR) is 49.6 cm³/mol. The smallest absolute Gasteiger partial charge is 0.132 e. The molecule has 0 radical (unpaired) electrons. The molecule has 0 aliphatic heterocycles. The molecule has 0 amide bonds. The van der Waals surface area contributed by atoms with Crippen LogP contribution in [0.1, 0.15) is 18.6 Å². The van der Waals surface area contributed by atoms with Crippen molar-refractivity contribution in [3.05, 3.63) is 29.6 Å². The third kappa shape index (κ3) is 2.21. The minimum Gasteiger partial charge on any atom is -0.497 e. The molecule has 78 valence electrons. The zero-order chi connectivity index (χ0) is 10.7. The molecule has 1 aromatic carbocycles. The lowest BCUT2D eigenvalue weighted by Crippen LogP contribution is -2.15. The molecule has 0 saturated carbocycles. The molecule has 0 aliphatic rings. The number of halogens is 1. The molecule has 0 aliphatic carbocycles. The number of methoxy groups -OCH3 is 1. The van der Waals surface area contributed by atoms with Crippen LogP contribution < -0.4 is 4.74 Å². The summed E-state index contributed by atoms with van der Waals surface area (Å²) in [5, 5.41) is 18.5. The Hall–Kier alpha value is -1.13. The number of ether oxygens (including phenoxy) is 1. The third-order valence-electron chi connectivity index (χ3n) is 1.98. The molecule has 14 heavy (non-hydrogen) atoms. The fourth-order valence-electron chi connectivity index (χ4n) is 1.13. The van der Waals surface area contributed by atoms with E-state index >= 15 is 0 Å². The zero-order valence-electron chi connectivity index (χ0n) is 8.07. The second-order valence-electron chi connectivity index (χ2n) is 3.07. The largest absolute Gasteiger partial charge is 0.497 e. The third-order valence-corrected chi connectivity index (χ3v) is 1.98. The molecule has 2 N–H and O–H groups in total. The Morgan fingerprint density at radius 1 is 1.36 bits per heavy atom. The topological polar surface area (TPSA) is 49.7 Å². The maximum absolute atomic E-state index is 13.3. The van der Waals surface area contributed by atoms with Crippen molar-refractivity contribution in [2.75, 3.05) is 7.11 Å². The summed E-state index contributed by atoms with van der Waals surface area (Å²) in [6.07, 6.45) is -2.21. The summed E-state index contributed by atoms with van der Waals surface area (Å²) in [6.45, 7) is 1.40. The van der Waals surface area contributed by atoms with Crippen LogP contribution >= 0.6 is 0 Å². The number of aliphatic hydroxyl groups excluding tert-OH is 2. The molecule has 1 rings (SSSR count). The number of hydrogen-bond donors (Lipinski definition) is 2. The Morgan fingerprint density at radius 3 is 2.43 bits per heavy atom. The SMILES string of the molecule is COc1ccc(C(O)C(C)O)c(F)c1. The first-order chi connectivity index (χ1) is 6.56. The second-order valence-corrected chi connectivity index (χ2v) is 3.07. The summed E-state index contributed by atoms with van der Waals surface area (Å²) < 4.78 is 18.1. The molecular weight excluding hydrogens is 187 g/mol. The van der Waals surface area contributed by atoms with Gasteiger partial charge in [-0.15, -0.1) is 0 Å². The number of benzene rings is 1. The Kier molecular flexibility index (Phi) is 3.43. The van der Waals surface area contributed by atoms with E-state index in [9.17, 15) is 9.50 Å². The van der Waals surface area contributed by atoms with Crippen LogP contribution in [0.4, 0.5) is 4.39 Å². The molecular formula is C10H13FO3. The highest BCUT2D eigenvalue weighted by atomic mass is 19.1. The van der Waals surface area contributed by atoms with Crippen LogP contribution in [0.3, 0.4) is 0 Å². The summed E-state index contributed by atoms with van der Waals surface area (Å²) in [5.41, 5.74) is 0.0702. The quantitative estimate of drug-likeness (QED) is 0.772. The summed E-state index contributed by atoms with van der Waals surface area (Å²) >= 11 is 0. The average molecular weight is 200 g/mol. The highest BCUT2D eigenvalue weighted by Crippen LogP contribution is 2.23. The van der Waals surface area contributed by atoms with Crippen LogP contribution in [0.5, 0.6) is 5.75 Å². The van der Waals surface area contributed by atoms with E-state index in [-0.39, 0.29) is 5.56 Å². The molecule has 3 nitrogen and oxygen atoms in total. The predicted octanol–water partition coefficient (Wildman–Crippen LogP) is 1.25. The van der Waals surface area contributed by atoms with Gasteiger partial charge in [0.15, 0.2) is 0 Å². The van der Waals surface area contributed by atoms with E-state index in [0.29, 0.717) is 5.75 Å². The van der Waals surface area contributed by atoms with E-state index < -0.39 is 18.0 Å². The fraction of sp³-hybridized carbons (Fsp3) is 0.400. The Morgan fingerprint density at radius 2 is 2.00 bits per heavy atom. The van der Waals surface area contributed by atoms with Gasteiger partial charge in [0, 0.05) is 11.6 Å². The van der Waals surface area contributed by atoms with Gasteiger partial charge in [0.2, 0.25) is 0 Å². The van der Waals surface area contributed by atoms with Gasteiger partial charge in [0.1, 0.15) is 17.7 Å². The molecule has 0 bridgehead atoms. The lowest BCUT2D eigenvalue weighted by molar-refractivity contribution is 0.0282. The van der Waals surface area contributed by atoms with Crippen LogP contribution in [0.15, 0.2) is 18.2 Å². The first kappa shape index (κ1) is 10.9. The molecule has 0 heterocycles. The van der Waals surface area contributed by atoms with E-state index in [1.54, 1.807) is 0 Å². The van der Waals surface area contributed by atoms with E-state index in [1.807, 2.05) is 0 Å². The molecule has 1 aromatic rings. The van der Waals surface area contributed by atoms with Crippen LogP contribution in [0.25, 0.3) is 0 Å². The van der Waals surface area contributed by atoms with Crippen molar-refractivity contribution in [3.63, 3.8) is 0 Å². The summed E-state index contributed by atoms with van der Waals surface area (Å²) in [4.78, 5) is 0. The first-order valence-electron chi connectivity index (χ1n) is 4.26. The molecule has 4 heteroatoms. The fourth-order valence-corrected chi connectivity index (χ4v) is 1.13. The highest BCUT2D eigenvalue weighted by Gasteiger charge is 2.17. The van der Waals surface area contributed by atoms with Crippen LogP contribution in [0.2, 0.25) is 0 Å². The van der Waals surface area contributed by atoms with Gasteiger partial charge in [0.25, 0.3) is 0 Å². The number of hydrogen-bond acceptors (Lipinski definition) is 3. The summed E-state index contributed by atoms with van der Waals surface area (Å²) in [7, 11) is 1.43. The van der Waals surface area contributed by atoms with Crippen LogP contribution in [0, 0.1) is 5.82 Å². The minimum atomic E-state index is -1.21. The normalized spacial score (nSPS) is 14.9. The Balaban J connectivity index is 2.99. The van der Waals surface area contributed by atoms with Crippen LogP contribution in [-0.2, 0) is 0 Å². The zero-order valence-corrected chi connectivity index (χ0v) is 8.07. The van der Waals surface area contributed by atoms with Crippen molar-refractivity contribution in [2.45, 2.75) is 19.1 Å². The van der Waals surface area contributed by atoms with Crippen molar-refractivity contribution < 1.29 is 19.3 Å². The molecule has 2 atom stereocenters. The Labute approximate surface area is 81.8 Å². The van der Waals surface area contributed by atoms with E-state index in [1.165, 1.54) is 32.2 Å². The molecule has 0 fully saturated rings. The van der Waals surface area contributed by atoms with E-state index in [2.05, 4.69) is 0 Å². The van der Waals surface area contributed by atoms with Gasteiger partial charge < -0.3 is 14.9 Å². The van der Waals surface area contributed by atoms with Gasteiger partial charge in [-0.2, -0.15) is 0 Å². The second kappa shape index (κ2) is 4.39. The standard InChI is InChI=1S/C10H13FO3/c1-6(12)10(13)8-4-3-7(14-2)5-9(8)11/h3-6,10,12-13H,1-2H3. The highest BCUT2D eigenvalue weighted by molar-refractivity contribution is 5.30. The van der Waals surface area contributed by atoms with Crippen molar-refractivity contribution in [1.29, 1.82) is 0 Å². The van der Waals surface area contributed by atoms with Crippen molar-refractivity contribution >= 4 is 0 Å². The maximum Gasteiger partial charge on any atom is 0.132 e. The van der Waals surface area contributed by atoms with Gasteiger partial charge in [-0.25, -0.2) is 4.39 Å². The van der Waals surface area contributed by atoms with Gasteiger partial charge in [-0.3, -0.25) is 0 Å². The molecule has 0 saturated heterocycles. The van der Waals surface area contributed by atoms with Gasteiger partial charge in [-0.1, -0.05) is 0 Å².